The number of benzene rings is 1. The molecule has 0 aliphatic carbocycles. The third kappa shape index (κ3) is 2.39. The second kappa shape index (κ2) is 5.79. The highest BCUT2D eigenvalue weighted by Crippen LogP contribution is 2.41. The first-order valence-corrected chi connectivity index (χ1v) is 8.19. The molecule has 1 aromatic carbocycles. The first-order chi connectivity index (χ1) is 11.7. The first-order valence-electron chi connectivity index (χ1n) is 7.81. The van der Waals surface area contributed by atoms with Crippen molar-refractivity contribution in [3.05, 3.63) is 53.1 Å². The monoisotopic (exact) mass is 341 g/mol. The van der Waals surface area contributed by atoms with Gasteiger partial charge in [-0.25, -0.2) is 4.98 Å². The Hall–Kier alpha value is -2.60. The maximum absolute atomic E-state index is 12.1. The minimum Gasteiger partial charge on any atom is -0.334 e. The van der Waals surface area contributed by atoms with Gasteiger partial charge in [-0.3, -0.25) is 9.89 Å². The number of hydrogen-bond acceptors (Lipinski definition) is 3. The molecule has 1 aliphatic rings. The molecule has 2 N–H and O–H groups in total. The fourth-order valence-corrected chi connectivity index (χ4v) is 3.36. The SMILES string of the molecule is CCn1cncc1[C@H]1CC(=O)Nc2n[nH]c(-c3ccc(Cl)cc3)c21. The van der Waals surface area contributed by atoms with Crippen LogP contribution in [0.15, 0.2) is 36.8 Å². The smallest absolute Gasteiger partial charge is 0.226 e. The lowest BCUT2D eigenvalue weighted by Gasteiger charge is -2.24. The summed E-state index contributed by atoms with van der Waals surface area (Å²) in [6, 6.07) is 7.58. The number of carbonyl (C=O) groups is 1. The third-order valence-corrected chi connectivity index (χ3v) is 4.63. The molecule has 2 aromatic heterocycles. The fourth-order valence-electron chi connectivity index (χ4n) is 3.23. The van der Waals surface area contributed by atoms with Crippen LogP contribution in [-0.4, -0.2) is 25.7 Å². The van der Waals surface area contributed by atoms with Crippen molar-refractivity contribution in [3.63, 3.8) is 0 Å². The Kier molecular flexibility index (Phi) is 3.61. The van der Waals surface area contributed by atoms with E-state index in [4.69, 9.17) is 11.6 Å². The first kappa shape index (κ1) is 15.0. The second-order valence-corrected chi connectivity index (χ2v) is 6.21. The number of rotatable bonds is 3. The van der Waals surface area contributed by atoms with E-state index in [2.05, 4.69) is 32.0 Å². The highest BCUT2D eigenvalue weighted by molar-refractivity contribution is 6.30. The molecule has 0 unspecified atom stereocenters. The van der Waals surface area contributed by atoms with Crippen molar-refractivity contribution in [2.45, 2.75) is 25.8 Å². The highest BCUT2D eigenvalue weighted by Gasteiger charge is 2.33. The predicted octanol–water partition coefficient (Wildman–Crippen LogP) is 3.42. The van der Waals surface area contributed by atoms with Gasteiger partial charge in [-0.05, 0) is 19.1 Å². The van der Waals surface area contributed by atoms with E-state index in [1.165, 1.54) is 0 Å². The van der Waals surface area contributed by atoms with E-state index in [0.717, 1.165) is 29.1 Å². The quantitative estimate of drug-likeness (QED) is 0.766. The fraction of sp³-hybridized carbons (Fsp3) is 0.235. The van der Waals surface area contributed by atoms with Crippen LogP contribution < -0.4 is 5.32 Å². The number of imidazole rings is 1. The van der Waals surface area contributed by atoms with E-state index in [0.29, 0.717) is 17.3 Å². The van der Waals surface area contributed by atoms with Gasteiger partial charge in [0.05, 0.1) is 12.0 Å². The van der Waals surface area contributed by atoms with E-state index in [-0.39, 0.29) is 11.8 Å². The molecule has 3 aromatic rings. The Labute approximate surface area is 143 Å². The lowest BCUT2D eigenvalue weighted by Crippen LogP contribution is -2.24. The van der Waals surface area contributed by atoms with Crippen LogP contribution in [0.2, 0.25) is 5.02 Å². The molecule has 122 valence electrons. The molecule has 0 fully saturated rings. The number of anilines is 1. The molecular formula is C17H16ClN5O. The Morgan fingerprint density at radius 3 is 2.88 bits per heavy atom. The van der Waals surface area contributed by atoms with Crippen molar-refractivity contribution in [2.24, 2.45) is 0 Å². The average molecular weight is 342 g/mol. The predicted molar refractivity (Wildman–Crippen MR) is 92.0 cm³/mol. The Morgan fingerprint density at radius 2 is 2.12 bits per heavy atom. The number of fused-ring (bicyclic) bond motifs is 1. The molecule has 4 rings (SSSR count). The highest BCUT2D eigenvalue weighted by atomic mass is 35.5. The van der Waals surface area contributed by atoms with Crippen molar-refractivity contribution in [2.75, 3.05) is 5.32 Å². The molecular weight excluding hydrogens is 326 g/mol. The van der Waals surface area contributed by atoms with E-state index in [1.54, 1.807) is 6.33 Å². The maximum Gasteiger partial charge on any atom is 0.226 e. The van der Waals surface area contributed by atoms with Crippen LogP contribution in [0.5, 0.6) is 0 Å². The second-order valence-electron chi connectivity index (χ2n) is 5.78. The van der Waals surface area contributed by atoms with E-state index in [1.807, 2.05) is 30.5 Å². The number of H-pyrrole nitrogens is 1. The molecule has 3 heterocycles. The number of aromatic amines is 1. The summed E-state index contributed by atoms with van der Waals surface area (Å²) in [5, 5.41) is 10.9. The van der Waals surface area contributed by atoms with E-state index >= 15 is 0 Å². The van der Waals surface area contributed by atoms with Crippen LogP contribution in [0.25, 0.3) is 11.3 Å². The summed E-state index contributed by atoms with van der Waals surface area (Å²) >= 11 is 5.99. The summed E-state index contributed by atoms with van der Waals surface area (Å²) in [6.07, 6.45) is 4.00. The average Bonchev–Trinajstić information content (AvgIpc) is 3.21. The van der Waals surface area contributed by atoms with Crippen LogP contribution >= 0.6 is 11.6 Å². The van der Waals surface area contributed by atoms with Gasteiger partial charge < -0.3 is 9.88 Å². The summed E-state index contributed by atoms with van der Waals surface area (Å²) in [6.45, 7) is 2.86. The summed E-state index contributed by atoms with van der Waals surface area (Å²) in [5.74, 6) is 0.469. The van der Waals surface area contributed by atoms with Crippen LogP contribution in [0.4, 0.5) is 5.82 Å². The van der Waals surface area contributed by atoms with Gasteiger partial charge in [0.1, 0.15) is 0 Å². The van der Waals surface area contributed by atoms with Gasteiger partial charge in [-0.2, -0.15) is 5.10 Å². The maximum atomic E-state index is 12.1. The van der Waals surface area contributed by atoms with Crippen LogP contribution in [0.1, 0.15) is 30.5 Å². The summed E-state index contributed by atoms with van der Waals surface area (Å²) in [4.78, 5) is 16.4. The zero-order chi connectivity index (χ0) is 16.7. The number of nitrogens with one attached hydrogen (secondary N) is 2. The molecule has 0 saturated carbocycles. The molecule has 6 nitrogen and oxygen atoms in total. The molecule has 0 spiro atoms. The zero-order valence-corrected chi connectivity index (χ0v) is 13.8. The van der Waals surface area contributed by atoms with Gasteiger partial charge >= 0.3 is 0 Å². The minimum atomic E-state index is -0.0828. The van der Waals surface area contributed by atoms with Crippen LogP contribution in [-0.2, 0) is 11.3 Å². The number of aryl methyl sites for hydroxylation is 1. The summed E-state index contributed by atoms with van der Waals surface area (Å²) in [7, 11) is 0. The third-order valence-electron chi connectivity index (χ3n) is 4.37. The lowest BCUT2D eigenvalue weighted by molar-refractivity contribution is -0.116. The van der Waals surface area contributed by atoms with Gasteiger partial charge in [0.15, 0.2) is 5.82 Å². The van der Waals surface area contributed by atoms with Crippen LogP contribution in [0, 0.1) is 0 Å². The molecule has 24 heavy (non-hydrogen) atoms. The van der Waals surface area contributed by atoms with Gasteiger partial charge in [0.2, 0.25) is 5.91 Å². The molecule has 1 atom stereocenters. The Morgan fingerprint density at radius 1 is 1.33 bits per heavy atom. The van der Waals surface area contributed by atoms with Crippen molar-refractivity contribution < 1.29 is 4.79 Å². The van der Waals surface area contributed by atoms with Crippen molar-refractivity contribution >= 4 is 23.3 Å². The van der Waals surface area contributed by atoms with E-state index < -0.39 is 0 Å². The summed E-state index contributed by atoms with van der Waals surface area (Å²) in [5.41, 5.74) is 3.89. The number of hydrogen-bond donors (Lipinski definition) is 2. The van der Waals surface area contributed by atoms with Gasteiger partial charge in [-0.15, -0.1) is 0 Å². The molecule has 0 bridgehead atoms. The number of carbonyl (C=O) groups excluding carboxylic acids is 1. The minimum absolute atomic E-state index is 0.0366. The van der Waals surface area contributed by atoms with Gasteiger partial charge in [-0.1, -0.05) is 23.7 Å². The number of halogens is 1. The number of amides is 1. The van der Waals surface area contributed by atoms with E-state index in [9.17, 15) is 4.79 Å². The molecule has 0 saturated heterocycles. The van der Waals surface area contributed by atoms with Crippen LogP contribution in [0.3, 0.4) is 0 Å². The van der Waals surface area contributed by atoms with Gasteiger partial charge in [0, 0.05) is 46.9 Å². The number of nitrogens with zero attached hydrogens (tertiary/aromatic N) is 3. The van der Waals surface area contributed by atoms with Crippen molar-refractivity contribution in [1.29, 1.82) is 0 Å². The zero-order valence-electron chi connectivity index (χ0n) is 13.1. The van der Waals surface area contributed by atoms with Crippen molar-refractivity contribution in [1.82, 2.24) is 19.7 Å². The van der Waals surface area contributed by atoms with Crippen molar-refractivity contribution in [3.8, 4) is 11.3 Å². The summed E-state index contributed by atoms with van der Waals surface area (Å²) < 4.78 is 2.06. The topological polar surface area (TPSA) is 75.6 Å². The Bertz CT molecular complexity index is 896. The normalized spacial score (nSPS) is 16.8. The lowest BCUT2D eigenvalue weighted by atomic mass is 9.87. The Balaban J connectivity index is 1.87. The van der Waals surface area contributed by atoms with Gasteiger partial charge in [0.25, 0.3) is 0 Å². The molecule has 7 heteroatoms. The molecule has 1 aliphatic heterocycles. The molecule has 1 amide bonds. The largest absolute Gasteiger partial charge is 0.334 e. The number of aromatic nitrogens is 4. The molecule has 0 radical (unpaired) electrons. The standard InChI is InChI=1S/C17H16ClN5O/c1-2-23-9-19-8-13(23)12-7-14(24)20-17-15(12)16(21-22-17)10-3-5-11(18)6-4-10/h3-6,8-9,12H,2,7H2,1H3,(H2,20,21,22,24)/t12-/m1/s1.